The van der Waals surface area contributed by atoms with Gasteiger partial charge in [-0.3, -0.25) is 4.79 Å². The molecule has 0 aliphatic heterocycles. The van der Waals surface area contributed by atoms with Crippen molar-refractivity contribution in [3.63, 3.8) is 0 Å². The molecule has 1 unspecified atom stereocenters. The lowest BCUT2D eigenvalue weighted by molar-refractivity contribution is 0.0929. The average molecular weight is 443 g/mol. The van der Waals surface area contributed by atoms with Gasteiger partial charge in [-0.15, -0.1) is 0 Å². The van der Waals surface area contributed by atoms with Crippen molar-refractivity contribution in [3.8, 4) is 0 Å². The Kier molecular flexibility index (Phi) is 6.56. The summed E-state index contributed by atoms with van der Waals surface area (Å²) in [6.07, 6.45) is 2.31. The fourth-order valence-corrected chi connectivity index (χ4v) is 3.84. The van der Waals surface area contributed by atoms with Crippen molar-refractivity contribution in [3.05, 3.63) is 101 Å². The molecule has 0 saturated heterocycles. The van der Waals surface area contributed by atoms with E-state index in [1.807, 2.05) is 54.6 Å². The molecule has 4 rings (SSSR count). The maximum absolute atomic E-state index is 13.5. The molecule has 4 aromatic rings. The van der Waals surface area contributed by atoms with Gasteiger partial charge in [0.1, 0.15) is 0 Å². The fraction of sp³-hybridized carbons (Fsp3) is 0.296. The second-order valence-electron chi connectivity index (χ2n) is 9.23. The van der Waals surface area contributed by atoms with Crippen LogP contribution in [0.25, 0.3) is 5.65 Å². The molecular formula is C27H30N4O2. The van der Waals surface area contributed by atoms with Crippen LogP contribution in [0.4, 0.5) is 0 Å². The summed E-state index contributed by atoms with van der Waals surface area (Å²) in [5, 5.41) is 7.97. The van der Waals surface area contributed by atoms with Crippen LogP contribution in [0.5, 0.6) is 0 Å². The average Bonchev–Trinajstić information content (AvgIpc) is 3.26. The number of fused-ring (bicyclic) bond motifs is 1. The van der Waals surface area contributed by atoms with Crippen molar-refractivity contribution in [2.75, 3.05) is 7.11 Å². The van der Waals surface area contributed by atoms with Crippen molar-refractivity contribution in [1.29, 1.82) is 0 Å². The molecular weight excluding hydrogens is 412 g/mol. The molecule has 0 fully saturated rings. The fourth-order valence-electron chi connectivity index (χ4n) is 3.84. The van der Waals surface area contributed by atoms with Gasteiger partial charge in [0.05, 0.1) is 29.6 Å². The van der Waals surface area contributed by atoms with Crippen molar-refractivity contribution < 1.29 is 9.53 Å². The van der Waals surface area contributed by atoms with Crippen LogP contribution in [-0.4, -0.2) is 27.6 Å². The Hall–Kier alpha value is -3.51. The van der Waals surface area contributed by atoms with Crippen molar-refractivity contribution in [2.24, 2.45) is 0 Å². The Bertz CT molecular complexity index is 1230. The van der Waals surface area contributed by atoms with E-state index in [2.05, 4.69) is 43.2 Å². The highest BCUT2D eigenvalue weighted by Gasteiger charge is 2.24. The molecule has 0 radical (unpaired) electrons. The molecule has 0 aliphatic carbocycles. The second kappa shape index (κ2) is 9.55. The topological polar surface area (TPSA) is 68.5 Å². The first kappa shape index (κ1) is 22.7. The third-order valence-corrected chi connectivity index (χ3v) is 5.67. The number of amides is 1. The summed E-state index contributed by atoms with van der Waals surface area (Å²) in [4.78, 5) is 18.0. The van der Waals surface area contributed by atoms with E-state index in [9.17, 15) is 4.79 Å². The monoisotopic (exact) mass is 442 g/mol. The number of benzene rings is 2. The van der Waals surface area contributed by atoms with Gasteiger partial charge in [0.15, 0.2) is 5.65 Å². The normalized spacial score (nSPS) is 12.6. The van der Waals surface area contributed by atoms with Gasteiger partial charge in [0.25, 0.3) is 5.91 Å². The van der Waals surface area contributed by atoms with Crippen LogP contribution in [0.15, 0.2) is 72.9 Å². The number of aromatic nitrogens is 3. The molecule has 2 aromatic carbocycles. The molecule has 33 heavy (non-hydrogen) atoms. The first-order chi connectivity index (χ1) is 15.9. The number of nitrogens with one attached hydrogen (secondary N) is 1. The summed E-state index contributed by atoms with van der Waals surface area (Å²) < 4.78 is 7.17. The van der Waals surface area contributed by atoms with Crippen molar-refractivity contribution >= 4 is 11.6 Å². The zero-order valence-electron chi connectivity index (χ0n) is 19.6. The first-order valence-electron chi connectivity index (χ1n) is 11.1. The van der Waals surface area contributed by atoms with Crippen molar-refractivity contribution in [2.45, 2.75) is 45.3 Å². The van der Waals surface area contributed by atoms with Crippen LogP contribution in [-0.2, 0) is 23.2 Å². The quantitative estimate of drug-likeness (QED) is 0.443. The first-order valence-corrected chi connectivity index (χ1v) is 11.1. The summed E-state index contributed by atoms with van der Waals surface area (Å²) in [6, 6.07) is 22.0. The maximum Gasteiger partial charge on any atom is 0.255 e. The van der Waals surface area contributed by atoms with Gasteiger partial charge in [0.2, 0.25) is 0 Å². The molecule has 170 valence electrons. The highest BCUT2D eigenvalue weighted by Crippen LogP contribution is 2.24. The van der Waals surface area contributed by atoms with Crippen LogP contribution in [0.3, 0.4) is 0 Å². The molecule has 0 spiro atoms. The number of ether oxygens (including phenoxy) is 1. The molecule has 1 atom stereocenters. The van der Waals surface area contributed by atoms with E-state index in [4.69, 9.17) is 9.84 Å². The number of rotatable bonds is 7. The lowest BCUT2D eigenvalue weighted by Gasteiger charge is -2.20. The number of carbonyl (C=O) groups excluding carboxylic acids is 1. The van der Waals surface area contributed by atoms with Gasteiger partial charge in [-0.1, -0.05) is 81.4 Å². The molecule has 6 nitrogen and oxygen atoms in total. The van der Waals surface area contributed by atoms with E-state index in [1.54, 1.807) is 17.8 Å². The molecule has 1 N–H and O–H groups in total. The molecule has 0 bridgehead atoms. The molecule has 2 heterocycles. The molecule has 0 aliphatic rings. The summed E-state index contributed by atoms with van der Waals surface area (Å²) in [5.41, 5.74) is 4.83. The van der Waals surface area contributed by atoms with E-state index < -0.39 is 0 Å². The maximum atomic E-state index is 13.5. The summed E-state index contributed by atoms with van der Waals surface area (Å²) in [5.74, 6) is -0.200. The number of hydrogen-bond donors (Lipinski definition) is 1. The predicted molar refractivity (Wildman–Crippen MR) is 129 cm³/mol. The van der Waals surface area contributed by atoms with Crippen LogP contribution in [0.1, 0.15) is 59.7 Å². The highest BCUT2D eigenvalue weighted by atomic mass is 16.5. The van der Waals surface area contributed by atoms with E-state index in [0.717, 1.165) is 16.8 Å². The SMILES string of the molecule is COCc1c(C(=O)NC(Cc2ccccc2)c2ccccc2)cnc2cc(C(C)(C)C)nn12. The Balaban J connectivity index is 1.70. The lowest BCUT2D eigenvalue weighted by atomic mass is 9.93. The van der Waals surface area contributed by atoms with E-state index >= 15 is 0 Å². The smallest absolute Gasteiger partial charge is 0.255 e. The van der Waals surface area contributed by atoms with Crippen LogP contribution < -0.4 is 5.32 Å². The van der Waals surface area contributed by atoms with Crippen LogP contribution in [0, 0.1) is 0 Å². The number of methoxy groups -OCH3 is 1. The predicted octanol–water partition coefficient (Wildman–Crippen LogP) is 4.89. The Morgan fingerprint density at radius 2 is 1.73 bits per heavy atom. The summed E-state index contributed by atoms with van der Waals surface area (Å²) >= 11 is 0. The van der Waals surface area contributed by atoms with Crippen LogP contribution >= 0.6 is 0 Å². The van der Waals surface area contributed by atoms with E-state index in [-0.39, 0.29) is 24.0 Å². The zero-order chi connectivity index (χ0) is 23.4. The second-order valence-corrected chi connectivity index (χ2v) is 9.23. The van der Waals surface area contributed by atoms with E-state index in [0.29, 0.717) is 23.3 Å². The third kappa shape index (κ3) is 5.12. The van der Waals surface area contributed by atoms with Crippen LogP contribution in [0.2, 0.25) is 0 Å². The minimum atomic E-state index is -0.200. The molecule has 2 aromatic heterocycles. The Morgan fingerprint density at radius 3 is 2.36 bits per heavy atom. The minimum absolute atomic E-state index is 0.130. The van der Waals surface area contributed by atoms with Gasteiger partial charge in [-0.25, -0.2) is 9.50 Å². The lowest BCUT2D eigenvalue weighted by Crippen LogP contribution is -2.31. The number of carbonyl (C=O) groups is 1. The van der Waals surface area contributed by atoms with Gasteiger partial charge in [-0.2, -0.15) is 5.10 Å². The number of hydrogen-bond acceptors (Lipinski definition) is 4. The van der Waals surface area contributed by atoms with Gasteiger partial charge >= 0.3 is 0 Å². The zero-order valence-corrected chi connectivity index (χ0v) is 19.6. The number of nitrogens with zero attached hydrogens (tertiary/aromatic N) is 3. The third-order valence-electron chi connectivity index (χ3n) is 5.67. The minimum Gasteiger partial charge on any atom is -0.378 e. The largest absolute Gasteiger partial charge is 0.378 e. The standard InChI is InChI=1S/C27H30N4O2/c1-27(2,3)24-16-25-28-17-21(23(18-33-4)31(25)30-24)26(32)29-22(20-13-9-6-10-14-20)15-19-11-7-5-8-12-19/h5-14,16-17,22H,15,18H2,1-4H3,(H,29,32). The molecule has 6 heteroatoms. The highest BCUT2D eigenvalue weighted by molar-refractivity contribution is 5.95. The summed E-state index contributed by atoms with van der Waals surface area (Å²) in [7, 11) is 1.62. The Labute approximate surface area is 194 Å². The van der Waals surface area contributed by atoms with Crippen molar-refractivity contribution in [1.82, 2.24) is 19.9 Å². The summed E-state index contributed by atoms with van der Waals surface area (Å²) in [6.45, 7) is 6.56. The van der Waals surface area contributed by atoms with Gasteiger partial charge < -0.3 is 10.1 Å². The molecule has 0 saturated carbocycles. The Morgan fingerprint density at radius 1 is 1.06 bits per heavy atom. The van der Waals surface area contributed by atoms with Gasteiger partial charge in [0, 0.05) is 24.8 Å². The van der Waals surface area contributed by atoms with Gasteiger partial charge in [-0.05, 0) is 17.5 Å². The van der Waals surface area contributed by atoms with E-state index in [1.165, 1.54) is 0 Å². The molecule has 1 amide bonds.